The van der Waals surface area contributed by atoms with E-state index in [1.165, 1.54) is 21.9 Å². The number of aliphatic hydroxyl groups is 1. The Morgan fingerprint density at radius 3 is 2.86 bits per heavy atom. The molecule has 1 heterocycles. The second kappa shape index (κ2) is 6.25. The smallest absolute Gasteiger partial charge is 0.0843 e. The number of hydrogen-bond donors (Lipinski definition) is 2. The van der Waals surface area contributed by atoms with E-state index in [4.69, 9.17) is 10.8 Å². The van der Waals surface area contributed by atoms with Gasteiger partial charge in [0.25, 0.3) is 0 Å². The van der Waals surface area contributed by atoms with Crippen LogP contribution < -0.4 is 5.73 Å². The highest BCUT2D eigenvalue weighted by atomic mass is 16.3. The zero-order valence-corrected chi connectivity index (χ0v) is 12.6. The van der Waals surface area contributed by atoms with Crippen molar-refractivity contribution in [3.05, 3.63) is 59.4 Å². The van der Waals surface area contributed by atoms with E-state index in [0.29, 0.717) is 13.0 Å². The van der Waals surface area contributed by atoms with Crippen LogP contribution in [-0.4, -0.2) is 32.7 Å². The highest BCUT2D eigenvalue weighted by Crippen LogP contribution is 2.22. The molecule has 3 aromatic rings. The molecule has 3 rings (SSSR count). The number of rotatable bonds is 5. The summed E-state index contributed by atoms with van der Waals surface area (Å²) in [6.45, 7) is 2.74. The Labute approximate surface area is 129 Å². The van der Waals surface area contributed by atoms with Crippen LogP contribution in [0.15, 0.2) is 42.6 Å². The SMILES string of the molecule is Cc1ccc2ccccc2c1Cn1cc(CC(N)CO)nn1. The summed E-state index contributed by atoms with van der Waals surface area (Å²) in [5.74, 6) is 0. The molecule has 0 saturated heterocycles. The van der Waals surface area contributed by atoms with Gasteiger partial charge < -0.3 is 10.8 Å². The lowest BCUT2D eigenvalue weighted by Crippen LogP contribution is -2.26. The average molecular weight is 296 g/mol. The maximum Gasteiger partial charge on any atom is 0.0843 e. The Morgan fingerprint density at radius 2 is 2.05 bits per heavy atom. The van der Waals surface area contributed by atoms with E-state index >= 15 is 0 Å². The summed E-state index contributed by atoms with van der Waals surface area (Å²) >= 11 is 0. The van der Waals surface area contributed by atoms with Crippen LogP contribution >= 0.6 is 0 Å². The van der Waals surface area contributed by atoms with Gasteiger partial charge in [0.05, 0.1) is 18.8 Å². The number of nitrogens with zero attached hydrogens (tertiary/aromatic N) is 3. The molecule has 114 valence electrons. The summed E-state index contributed by atoms with van der Waals surface area (Å²) in [6.07, 6.45) is 2.43. The summed E-state index contributed by atoms with van der Waals surface area (Å²) in [5, 5.41) is 19.8. The van der Waals surface area contributed by atoms with E-state index in [2.05, 4.69) is 47.6 Å². The first-order valence-electron chi connectivity index (χ1n) is 7.40. The summed E-state index contributed by atoms with van der Waals surface area (Å²) in [4.78, 5) is 0. The zero-order chi connectivity index (χ0) is 15.5. The molecule has 0 spiro atoms. The van der Waals surface area contributed by atoms with Crippen LogP contribution in [0.3, 0.4) is 0 Å². The maximum absolute atomic E-state index is 9.01. The number of aromatic nitrogens is 3. The van der Waals surface area contributed by atoms with Gasteiger partial charge in [-0.15, -0.1) is 5.10 Å². The number of aryl methyl sites for hydroxylation is 1. The van der Waals surface area contributed by atoms with Gasteiger partial charge >= 0.3 is 0 Å². The van der Waals surface area contributed by atoms with E-state index in [0.717, 1.165) is 5.69 Å². The van der Waals surface area contributed by atoms with Gasteiger partial charge in [-0.1, -0.05) is 41.6 Å². The van der Waals surface area contributed by atoms with Crippen molar-refractivity contribution in [2.24, 2.45) is 5.73 Å². The fourth-order valence-corrected chi connectivity index (χ4v) is 2.66. The van der Waals surface area contributed by atoms with Crippen molar-refractivity contribution >= 4 is 10.8 Å². The van der Waals surface area contributed by atoms with Crippen molar-refractivity contribution in [3.63, 3.8) is 0 Å². The first-order chi connectivity index (χ1) is 10.7. The molecular formula is C17H20N4O. The molecule has 0 amide bonds. The molecule has 1 aromatic heterocycles. The molecule has 1 atom stereocenters. The minimum absolute atomic E-state index is 0.0463. The molecular weight excluding hydrogens is 276 g/mol. The number of nitrogens with two attached hydrogens (primary N) is 1. The topological polar surface area (TPSA) is 77.0 Å². The van der Waals surface area contributed by atoms with Crippen molar-refractivity contribution in [2.75, 3.05) is 6.61 Å². The molecule has 22 heavy (non-hydrogen) atoms. The molecule has 0 aliphatic carbocycles. The van der Waals surface area contributed by atoms with Gasteiger partial charge in [0, 0.05) is 18.7 Å². The van der Waals surface area contributed by atoms with E-state index < -0.39 is 0 Å². The Kier molecular flexibility index (Phi) is 4.18. The van der Waals surface area contributed by atoms with E-state index in [1.807, 2.05) is 16.9 Å². The highest BCUT2D eigenvalue weighted by molar-refractivity contribution is 5.86. The number of benzene rings is 2. The third-order valence-corrected chi connectivity index (χ3v) is 3.89. The molecule has 0 saturated carbocycles. The van der Waals surface area contributed by atoms with Crippen LogP contribution in [-0.2, 0) is 13.0 Å². The fraction of sp³-hybridized carbons (Fsp3) is 0.294. The van der Waals surface area contributed by atoms with Gasteiger partial charge in [-0.3, -0.25) is 0 Å². The van der Waals surface area contributed by atoms with Crippen molar-refractivity contribution < 1.29 is 5.11 Å². The van der Waals surface area contributed by atoms with Crippen LogP contribution in [0, 0.1) is 6.92 Å². The molecule has 0 radical (unpaired) electrons. The molecule has 0 bridgehead atoms. The minimum atomic E-state index is -0.288. The van der Waals surface area contributed by atoms with Gasteiger partial charge in [0.15, 0.2) is 0 Å². The van der Waals surface area contributed by atoms with Crippen LogP contribution in [0.2, 0.25) is 0 Å². The lowest BCUT2D eigenvalue weighted by Gasteiger charge is -2.10. The van der Waals surface area contributed by atoms with Crippen LogP contribution in [0.1, 0.15) is 16.8 Å². The Hall–Kier alpha value is -2.24. The first-order valence-corrected chi connectivity index (χ1v) is 7.40. The van der Waals surface area contributed by atoms with Gasteiger partial charge in [0.1, 0.15) is 0 Å². The Morgan fingerprint density at radius 1 is 1.23 bits per heavy atom. The predicted molar refractivity (Wildman–Crippen MR) is 86.6 cm³/mol. The molecule has 5 nitrogen and oxygen atoms in total. The molecule has 0 aliphatic heterocycles. The molecule has 3 N–H and O–H groups in total. The third-order valence-electron chi connectivity index (χ3n) is 3.89. The Balaban J connectivity index is 1.89. The Bertz CT molecular complexity index is 781. The molecule has 0 fully saturated rings. The van der Waals surface area contributed by atoms with Gasteiger partial charge in [-0.05, 0) is 28.8 Å². The third kappa shape index (κ3) is 3.00. The minimum Gasteiger partial charge on any atom is -0.395 e. The van der Waals surface area contributed by atoms with Crippen molar-refractivity contribution in [3.8, 4) is 0 Å². The maximum atomic E-state index is 9.01. The highest BCUT2D eigenvalue weighted by Gasteiger charge is 2.09. The van der Waals surface area contributed by atoms with Gasteiger partial charge in [0.2, 0.25) is 0 Å². The number of hydrogen-bond acceptors (Lipinski definition) is 4. The van der Waals surface area contributed by atoms with Crippen LogP contribution in [0.4, 0.5) is 0 Å². The molecule has 1 unspecified atom stereocenters. The fourth-order valence-electron chi connectivity index (χ4n) is 2.66. The van der Waals surface area contributed by atoms with Crippen molar-refractivity contribution in [2.45, 2.75) is 25.9 Å². The quantitative estimate of drug-likeness (QED) is 0.750. The van der Waals surface area contributed by atoms with E-state index in [-0.39, 0.29) is 12.6 Å². The molecule has 5 heteroatoms. The van der Waals surface area contributed by atoms with Crippen LogP contribution in [0.5, 0.6) is 0 Å². The number of fused-ring (bicyclic) bond motifs is 1. The number of aliphatic hydroxyl groups excluding tert-OH is 1. The summed E-state index contributed by atoms with van der Waals surface area (Å²) < 4.78 is 1.83. The van der Waals surface area contributed by atoms with Gasteiger partial charge in [-0.2, -0.15) is 0 Å². The van der Waals surface area contributed by atoms with Crippen LogP contribution in [0.25, 0.3) is 10.8 Å². The average Bonchev–Trinajstić information content (AvgIpc) is 2.97. The van der Waals surface area contributed by atoms with Crippen molar-refractivity contribution in [1.29, 1.82) is 0 Å². The van der Waals surface area contributed by atoms with Gasteiger partial charge in [-0.25, -0.2) is 4.68 Å². The summed E-state index contributed by atoms with van der Waals surface area (Å²) in [5.41, 5.74) is 9.03. The second-order valence-corrected chi connectivity index (χ2v) is 5.64. The molecule has 2 aromatic carbocycles. The lowest BCUT2D eigenvalue weighted by molar-refractivity contribution is 0.264. The monoisotopic (exact) mass is 296 g/mol. The van der Waals surface area contributed by atoms with E-state index in [1.54, 1.807) is 0 Å². The lowest BCUT2D eigenvalue weighted by atomic mass is 10.00. The first kappa shape index (κ1) is 14.7. The summed E-state index contributed by atoms with van der Waals surface area (Å²) in [6, 6.07) is 12.3. The van der Waals surface area contributed by atoms with Crippen molar-refractivity contribution in [1.82, 2.24) is 15.0 Å². The standard InChI is InChI=1S/C17H20N4O/c1-12-6-7-13-4-2-3-5-16(13)17(12)10-21-9-15(19-20-21)8-14(18)11-22/h2-7,9,14,22H,8,10-11,18H2,1H3. The normalized spacial score (nSPS) is 12.7. The summed E-state index contributed by atoms with van der Waals surface area (Å²) in [7, 11) is 0. The second-order valence-electron chi connectivity index (χ2n) is 5.64. The largest absolute Gasteiger partial charge is 0.395 e. The zero-order valence-electron chi connectivity index (χ0n) is 12.6. The molecule has 0 aliphatic rings. The van der Waals surface area contributed by atoms with E-state index in [9.17, 15) is 0 Å². The predicted octanol–water partition coefficient (Wildman–Crippen LogP) is 1.65.